The molecule has 2 nitrogen and oxygen atoms in total. The summed E-state index contributed by atoms with van der Waals surface area (Å²) in [6.07, 6.45) is 1.37. The Hall–Kier alpha value is -0.550. The summed E-state index contributed by atoms with van der Waals surface area (Å²) < 4.78 is 31.7. The zero-order chi connectivity index (χ0) is 9.47. The highest BCUT2D eigenvalue weighted by Gasteiger charge is 2.39. The molecular formula is C8H6BrF2NO. The fraction of sp³-hybridized carbons (Fsp3) is 0.375. The lowest BCUT2D eigenvalue weighted by Gasteiger charge is -2.23. The fourth-order valence-corrected chi connectivity index (χ4v) is 1.66. The molecule has 2 rings (SSSR count). The van der Waals surface area contributed by atoms with Gasteiger partial charge in [0, 0.05) is 16.2 Å². The van der Waals surface area contributed by atoms with E-state index in [1.54, 1.807) is 6.07 Å². The summed E-state index contributed by atoms with van der Waals surface area (Å²) in [6, 6.07) is 1.61. The first-order valence-corrected chi connectivity index (χ1v) is 4.49. The summed E-state index contributed by atoms with van der Waals surface area (Å²) >= 11 is 3.16. The van der Waals surface area contributed by atoms with Crippen LogP contribution >= 0.6 is 15.9 Å². The van der Waals surface area contributed by atoms with Crippen LogP contribution in [-0.2, 0) is 17.3 Å². The minimum absolute atomic E-state index is 0.165. The van der Waals surface area contributed by atoms with Crippen molar-refractivity contribution in [3.05, 3.63) is 28.0 Å². The van der Waals surface area contributed by atoms with E-state index < -0.39 is 12.5 Å². The zero-order valence-electron chi connectivity index (χ0n) is 6.56. The molecule has 0 aliphatic carbocycles. The molecule has 0 unspecified atom stereocenters. The molecule has 0 amide bonds. The van der Waals surface area contributed by atoms with Gasteiger partial charge in [-0.1, -0.05) is 0 Å². The van der Waals surface area contributed by atoms with Crippen LogP contribution in [0.3, 0.4) is 0 Å². The molecule has 70 valence electrons. The molecule has 1 aliphatic heterocycles. The fourth-order valence-electron chi connectivity index (χ4n) is 1.28. The summed E-state index contributed by atoms with van der Waals surface area (Å²) in [4.78, 5) is 3.69. The second-order valence-corrected chi connectivity index (χ2v) is 3.77. The maximum Gasteiger partial charge on any atom is 0.312 e. The number of nitrogens with zero attached hydrogens (tertiary/aromatic N) is 1. The van der Waals surface area contributed by atoms with Crippen LogP contribution in [0.15, 0.2) is 16.7 Å². The lowest BCUT2D eigenvalue weighted by Crippen LogP contribution is -2.28. The number of alkyl halides is 2. The maximum atomic E-state index is 13.1. The third-order valence-corrected chi connectivity index (χ3v) is 2.25. The first-order chi connectivity index (χ1) is 6.09. The minimum Gasteiger partial charge on any atom is -0.370 e. The van der Waals surface area contributed by atoms with E-state index in [-0.39, 0.29) is 12.3 Å². The van der Waals surface area contributed by atoms with Crippen LogP contribution in [0.1, 0.15) is 11.3 Å². The number of ether oxygens (including phenoxy) is 1. The van der Waals surface area contributed by atoms with Gasteiger partial charge in [0.05, 0.1) is 6.61 Å². The summed E-state index contributed by atoms with van der Waals surface area (Å²) in [5.41, 5.74) is 0.285. The second-order valence-electron chi connectivity index (χ2n) is 2.86. The van der Waals surface area contributed by atoms with Gasteiger partial charge in [-0.2, -0.15) is 8.78 Å². The number of hydrogen-bond donors (Lipinski definition) is 0. The van der Waals surface area contributed by atoms with E-state index in [4.69, 9.17) is 4.74 Å². The van der Waals surface area contributed by atoms with Gasteiger partial charge < -0.3 is 4.74 Å². The van der Waals surface area contributed by atoms with Gasteiger partial charge in [-0.15, -0.1) is 0 Å². The van der Waals surface area contributed by atoms with Crippen LogP contribution in [-0.4, -0.2) is 11.6 Å². The molecule has 2 heterocycles. The van der Waals surface area contributed by atoms with Crippen LogP contribution in [0.25, 0.3) is 0 Å². The second kappa shape index (κ2) is 2.99. The largest absolute Gasteiger partial charge is 0.370 e. The van der Waals surface area contributed by atoms with Gasteiger partial charge in [-0.3, -0.25) is 4.98 Å². The lowest BCUT2D eigenvalue weighted by atomic mass is 10.1. The lowest BCUT2D eigenvalue weighted by molar-refractivity contribution is -0.106. The molecule has 0 fully saturated rings. The number of aromatic nitrogens is 1. The van der Waals surface area contributed by atoms with Crippen LogP contribution in [0.2, 0.25) is 0 Å². The predicted octanol–water partition coefficient (Wildman–Crippen LogP) is 2.47. The molecule has 0 saturated carbocycles. The van der Waals surface area contributed by atoms with Crippen molar-refractivity contribution in [3.8, 4) is 0 Å². The molecule has 0 aromatic carbocycles. The molecular weight excluding hydrogens is 244 g/mol. The van der Waals surface area contributed by atoms with Gasteiger partial charge in [0.15, 0.2) is 0 Å². The predicted molar refractivity (Wildman–Crippen MR) is 45.5 cm³/mol. The molecule has 0 saturated heterocycles. The van der Waals surface area contributed by atoms with E-state index in [1.807, 2.05) is 0 Å². The Bertz CT molecular complexity index is 343. The number of fused-ring (bicyclic) bond motifs is 1. The van der Waals surface area contributed by atoms with Crippen LogP contribution in [0.5, 0.6) is 0 Å². The molecule has 1 aromatic heterocycles. The number of rotatable bonds is 0. The Labute approximate surface area is 82.1 Å². The van der Waals surface area contributed by atoms with E-state index in [1.165, 1.54) is 6.20 Å². The van der Waals surface area contributed by atoms with E-state index >= 15 is 0 Å². The van der Waals surface area contributed by atoms with Crippen molar-refractivity contribution < 1.29 is 13.5 Å². The molecule has 0 radical (unpaired) electrons. The summed E-state index contributed by atoms with van der Waals surface area (Å²) in [6.45, 7) is -0.369. The molecule has 1 aromatic rings. The Morgan fingerprint density at radius 2 is 2.31 bits per heavy atom. The van der Waals surface area contributed by atoms with Gasteiger partial charge in [0.2, 0.25) is 0 Å². The Balaban J connectivity index is 2.53. The Morgan fingerprint density at radius 3 is 3.08 bits per heavy atom. The normalized spacial score (nSPS) is 19.6. The number of halogens is 3. The summed E-state index contributed by atoms with van der Waals surface area (Å²) in [5, 5.41) is 0. The van der Waals surface area contributed by atoms with Gasteiger partial charge >= 0.3 is 5.92 Å². The van der Waals surface area contributed by atoms with Crippen molar-refractivity contribution in [1.82, 2.24) is 4.98 Å². The molecule has 0 atom stereocenters. The third-order valence-electron chi connectivity index (χ3n) is 1.82. The van der Waals surface area contributed by atoms with Crippen molar-refractivity contribution in [2.45, 2.75) is 12.5 Å². The first-order valence-electron chi connectivity index (χ1n) is 3.70. The highest BCUT2D eigenvalue weighted by molar-refractivity contribution is 9.10. The van der Waals surface area contributed by atoms with E-state index in [0.717, 1.165) is 0 Å². The van der Waals surface area contributed by atoms with Crippen LogP contribution in [0, 0.1) is 0 Å². The van der Waals surface area contributed by atoms with Gasteiger partial charge in [0.25, 0.3) is 0 Å². The summed E-state index contributed by atoms with van der Waals surface area (Å²) in [5.74, 6) is -2.95. The smallest absolute Gasteiger partial charge is 0.312 e. The van der Waals surface area contributed by atoms with Gasteiger partial charge in [0.1, 0.15) is 12.3 Å². The van der Waals surface area contributed by atoms with Crippen LogP contribution in [0.4, 0.5) is 8.78 Å². The van der Waals surface area contributed by atoms with Crippen molar-refractivity contribution in [2.24, 2.45) is 0 Å². The molecule has 0 spiro atoms. The molecule has 5 heteroatoms. The third kappa shape index (κ3) is 1.58. The molecule has 0 N–H and O–H groups in total. The summed E-state index contributed by atoms with van der Waals surface area (Å²) in [7, 11) is 0. The average molecular weight is 250 g/mol. The van der Waals surface area contributed by atoms with Crippen molar-refractivity contribution in [2.75, 3.05) is 6.61 Å². The zero-order valence-corrected chi connectivity index (χ0v) is 8.14. The monoisotopic (exact) mass is 249 g/mol. The molecule has 0 bridgehead atoms. The number of hydrogen-bond acceptors (Lipinski definition) is 2. The van der Waals surface area contributed by atoms with Crippen molar-refractivity contribution in [3.63, 3.8) is 0 Å². The topological polar surface area (TPSA) is 22.1 Å². The van der Waals surface area contributed by atoms with Crippen molar-refractivity contribution >= 4 is 15.9 Å². The standard InChI is InChI=1S/C8H6BrF2NO/c9-6-1-5-3-13-4-8(10,11)7(5)12-2-6/h1-2H,3-4H2. The molecule has 1 aliphatic rings. The highest BCUT2D eigenvalue weighted by Crippen LogP contribution is 2.34. The average Bonchev–Trinajstić information content (AvgIpc) is 2.02. The minimum atomic E-state index is -2.95. The maximum absolute atomic E-state index is 13.1. The molecule has 13 heavy (non-hydrogen) atoms. The van der Waals surface area contributed by atoms with Crippen LogP contribution < -0.4 is 0 Å². The highest BCUT2D eigenvalue weighted by atomic mass is 79.9. The number of pyridine rings is 1. The Kier molecular flexibility index (Phi) is 2.08. The SMILES string of the molecule is FC1(F)COCc2cc(Br)cnc21. The van der Waals surface area contributed by atoms with E-state index in [0.29, 0.717) is 10.0 Å². The first kappa shape index (κ1) is 9.02. The van der Waals surface area contributed by atoms with Crippen molar-refractivity contribution in [1.29, 1.82) is 0 Å². The van der Waals surface area contributed by atoms with E-state index in [2.05, 4.69) is 20.9 Å². The quantitative estimate of drug-likeness (QED) is 0.705. The van der Waals surface area contributed by atoms with E-state index in [9.17, 15) is 8.78 Å². The van der Waals surface area contributed by atoms with Gasteiger partial charge in [-0.25, -0.2) is 0 Å². The Morgan fingerprint density at radius 1 is 1.54 bits per heavy atom. The van der Waals surface area contributed by atoms with Gasteiger partial charge in [-0.05, 0) is 22.0 Å².